The van der Waals surface area contributed by atoms with Gasteiger partial charge in [0.05, 0.1) is 0 Å². The second kappa shape index (κ2) is 6.41. The van der Waals surface area contributed by atoms with Crippen LogP contribution in [0.25, 0.3) is 0 Å². The molecule has 0 bridgehead atoms. The largest absolute Gasteiger partial charge is 0.0842 e. The van der Waals surface area contributed by atoms with E-state index in [4.69, 9.17) is 0 Å². The van der Waals surface area contributed by atoms with Gasteiger partial charge in [0.1, 0.15) is 0 Å². The Kier molecular flexibility index (Phi) is 4.70. The van der Waals surface area contributed by atoms with E-state index in [1.807, 2.05) is 36.5 Å². The lowest BCUT2D eigenvalue weighted by Gasteiger charge is -1.84. The summed E-state index contributed by atoms with van der Waals surface area (Å²) >= 11 is 0. The second-order valence-corrected chi connectivity index (χ2v) is 2.51. The van der Waals surface area contributed by atoms with Crippen molar-refractivity contribution in [1.29, 1.82) is 0 Å². The molecular weight excluding hydrogens is 144 g/mol. The van der Waals surface area contributed by atoms with E-state index in [0.29, 0.717) is 0 Å². The zero-order valence-corrected chi connectivity index (χ0v) is 7.11. The molecule has 0 heterocycles. The predicted molar refractivity (Wildman–Crippen MR) is 53.6 cm³/mol. The molecule has 1 rings (SSSR count). The van der Waals surface area contributed by atoms with Crippen LogP contribution in [0.1, 0.15) is 12.8 Å². The smallest absolute Gasteiger partial charge is 0.0184 e. The van der Waals surface area contributed by atoms with Crippen LogP contribution in [-0.2, 0) is 0 Å². The summed E-state index contributed by atoms with van der Waals surface area (Å²) in [5, 5.41) is 0. The van der Waals surface area contributed by atoms with Crippen LogP contribution in [0.4, 0.5) is 0 Å². The molecule has 0 aromatic heterocycles. The van der Waals surface area contributed by atoms with Gasteiger partial charge >= 0.3 is 0 Å². The fourth-order valence-electron chi connectivity index (χ4n) is 0.882. The van der Waals surface area contributed by atoms with Crippen LogP contribution < -0.4 is 0 Å². The SMILES string of the molecule is [C]1=C/C=C\CC/C=C\C=C\C=C/1. The van der Waals surface area contributed by atoms with Gasteiger partial charge in [-0.15, -0.1) is 0 Å². The molecule has 1 aliphatic rings. The fourth-order valence-corrected chi connectivity index (χ4v) is 0.882. The van der Waals surface area contributed by atoms with Crippen LogP contribution in [-0.4, -0.2) is 0 Å². The Morgan fingerprint density at radius 1 is 0.750 bits per heavy atom. The lowest BCUT2D eigenvalue weighted by Crippen LogP contribution is -1.64. The molecule has 1 radical (unpaired) electrons. The van der Waals surface area contributed by atoms with Crippen LogP contribution in [0.15, 0.2) is 54.7 Å². The van der Waals surface area contributed by atoms with E-state index >= 15 is 0 Å². The number of rotatable bonds is 0. The van der Waals surface area contributed by atoms with Crippen molar-refractivity contribution in [3.63, 3.8) is 0 Å². The first-order chi connectivity index (χ1) is 6.00. The zero-order valence-electron chi connectivity index (χ0n) is 7.11. The van der Waals surface area contributed by atoms with Crippen molar-refractivity contribution < 1.29 is 0 Å². The first-order valence-corrected chi connectivity index (χ1v) is 4.23. The van der Waals surface area contributed by atoms with Gasteiger partial charge in [-0.05, 0) is 18.9 Å². The van der Waals surface area contributed by atoms with Crippen molar-refractivity contribution in [3.8, 4) is 0 Å². The van der Waals surface area contributed by atoms with Crippen LogP contribution in [0.2, 0.25) is 0 Å². The summed E-state index contributed by atoms with van der Waals surface area (Å²) in [4.78, 5) is 0. The van der Waals surface area contributed by atoms with Gasteiger partial charge in [-0.25, -0.2) is 0 Å². The highest BCUT2D eigenvalue weighted by molar-refractivity contribution is 5.15. The zero-order chi connectivity index (χ0) is 8.49. The number of hydrogen-bond acceptors (Lipinski definition) is 0. The third-order valence-electron chi connectivity index (χ3n) is 1.49. The lowest BCUT2D eigenvalue weighted by molar-refractivity contribution is 1.05. The molecule has 0 amide bonds. The van der Waals surface area contributed by atoms with E-state index in [0.717, 1.165) is 12.8 Å². The van der Waals surface area contributed by atoms with Crippen molar-refractivity contribution >= 4 is 0 Å². The van der Waals surface area contributed by atoms with Gasteiger partial charge < -0.3 is 0 Å². The number of hydrogen-bond donors (Lipinski definition) is 0. The van der Waals surface area contributed by atoms with E-state index < -0.39 is 0 Å². The Bertz CT molecular complexity index is 211. The normalized spacial score (nSPS) is 30.7. The maximum absolute atomic E-state index is 3.04. The highest BCUT2D eigenvalue weighted by atomic mass is 13.8. The third-order valence-corrected chi connectivity index (χ3v) is 1.49. The molecule has 0 aromatic carbocycles. The maximum atomic E-state index is 3.04. The highest BCUT2D eigenvalue weighted by Crippen LogP contribution is 1.94. The molecule has 0 nitrogen and oxygen atoms in total. The topological polar surface area (TPSA) is 0 Å². The van der Waals surface area contributed by atoms with Gasteiger partial charge in [-0.3, -0.25) is 0 Å². The standard InChI is InChI=1S/C12H13/c1-2-4-6-8-10-12-11-9-7-5-3-1/h1-6,10-12H,7,9H2/b2-1+,5-3-,6-4-,10-8?,12-11-. The van der Waals surface area contributed by atoms with E-state index in [-0.39, 0.29) is 0 Å². The molecule has 0 aromatic rings. The molecular formula is C12H13. The number of allylic oxidation sites excluding steroid dienone is 10. The first-order valence-electron chi connectivity index (χ1n) is 4.23. The van der Waals surface area contributed by atoms with E-state index in [1.54, 1.807) is 0 Å². The Morgan fingerprint density at radius 3 is 2.42 bits per heavy atom. The second-order valence-electron chi connectivity index (χ2n) is 2.51. The summed E-state index contributed by atoms with van der Waals surface area (Å²) < 4.78 is 0. The molecule has 1 aliphatic carbocycles. The van der Waals surface area contributed by atoms with Gasteiger partial charge in [0.2, 0.25) is 0 Å². The predicted octanol–water partition coefficient (Wildman–Crippen LogP) is 3.36. The van der Waals surface area contributed by atoms with Crippen molar-refractivity contribution in [1.82, 2.24) is 0 Å². The van der Waals surface area contributed by atoms with E-state index in [1.165, 1.54) is 0 Å². The third kappa shape index (κ3) is 4.51. The van der Waals surface area contributed by atoms with Gasteiger partial charge in [-0.2, -0.15) is 0 Å². The molecule has 0 N–H and O–H groups in total. The highest BCUT2D eigenvalue weighted by Gasteiger charge is 1.74. The minimum absolute atomic E-state index is 1.10. The molecule has 12 heavy (non-hydrogen) atoms. The van der Waals surface area contributed by atoms with Gasteiger partial charge in [-0.1, -0.05) is 54.7 Å². The summed E-state index contributed by atoms with van der Waals surface area (Å²) in [5.41, 5.74) is 0. The summed E-state index contributed by atoms with van der Waals surface area (Å²) in [7, 11) is 0. The summed E-state index contributed by atoms with van der Waals surface area (Å²) in [6.45, 7) is 0. The van der Waals surface area contributed by atoms with Crippen LogP contribution >= 0.6 is 0 Å². The molecule has 61 valence electrons. The quantitative estimate of drug-likeness (QED) is 0.505. The molecule has 0 aliphatic heterocycles. The summed E-state index contributed by atoms with van der Waals surface area (Å²) in [6.07, 6.45) is 23.5. The Balaban J connectivity index is 2.55. The first kappa shape index (κ1) is 8.79. The summed E-state index contributed by atoms with van der Waals surface area (Å²) in [6, 6.07) is 0. The average Bonchev–Trinajstić information content (AvgIpc) is 2.05. The lowest BCUT2D eigenvalue weighted by atomic mass is 10.2. The monoisotopic (exact) mass is 157 g/mol. The molecule has 0 fully saturated rings. The van der Waals surface area contributed by atoms with E-state index in [2.05, 4.69) is 24.3 Å². The molecule has 0 saturated carbocycles. The Labute approximate surface area is 74.3 Å². The molecule has 0 heteroatoms. The average molecular weight is 157 g/mol. The minimum Gasteiger partial charge on any atom is -0.0842 e. The van der Waals surface area contributed by atoms with E-state index in [9.17, 15) is 0 Å². The van der Waals surface area contributed by atoms with Crippen molar-refractivity contribution in [2.75, 3.05) is 0 Å². The van der Waals surface area contributed by atoms with Gasteiger partial charge in [0.25, 0.3) is 0 Å². The van der Waals surface area contributed by atoms with Gasteiger partial charge in [0.15, 0.2) is 0 Å². The Morgan fingerprint density at radius 2 is 1.50 bits per heavy atom. The fraction of sp³-hybridized carbons (Fsp3) is 0.167. The molecule has 0 saturated heterocycles. The van der Waals surface area contributed by atoms with Crippen molar-refractivity contribution in [2.45, 2.75) is 12.8 Å². The van der Waals surface area contributed by atoms with Crippen LogP contribution in [0.5, 0.6) is 0 Å². The van der Waals surface area contributed by atoms with Gasteiger partial charge in [0, 0.05) is 0 Å². The summed E-state index contributed by atoms with van der Waals surface area (Å²) in [5.74, 6) is 0. The van der Waals surface area contributed by atoms with Crippen molar-refractivity contribution in [3.05, 3.63) is 60.8 Å². The molecule has 0 atom stereocenters. The maximum Gasteiger partial charge on any atom is -0.0184 e. The minimum atomic E-state index is 1.10. The molecule has 0 unspecified atom stereocenters. The molecule has 0 spiro atoms. The van der Waals surface area contributed by atoms with Crippen molar-refractivity contribution in [2.24, 2.45) is 0 Å². The Hall–Kier alpha value is -1.30. The van der Waals surface area contributed by atoms with Crippen LogP contribution in [0, 0.1) is 6.08 Å². The van der Waals surface area contributed by atoms with Crippen LogP contribution in [0.3, 0.4) is 0 Å².